The van der Waals surface area contributed by atoms with E-state index in [-0.39, 0.29) is 5.56 Å². The first kappa shape index (κ1) is 12.6. The number of carboxylic acids is 1. The van der Waals surface area contributed by atoms with Crippen molar-refractivity contribution in [1.82, 2.24) is 10.1 Å². The Morgan fingerprint density at radius 3 is 2.60 bits per heavy atom. The SMILES string of the molecule is Cc1oncc1-c1cnc(-c2ccc(C(=O)O)cc2)s1. The van der Waals surface area contributed by atoms with Crippen molar-refractivity contribution in [2.75, 3.05) is 0 Å². The zero-order valence-corrected chi connectivity index (χ0v) is 11.3. The maximum Gasteiger partial charge on any atom is 0.335 e. The predicted octanol–water partition coefficient (Wildman–Crippen LogP) is 3.47. The molecule has 3 aromatic rings. The Morgan fingerprint density at radius 2 is 2.00 bits per heavy atom. The van der Waals surface area contributed by atoms with Gasteiger partial charge in [0.1, 0.15) is 10.8 Å². The van der Waals surface area contributed by atoms with Crippen LogP contribution in [0.5, 0.6) is 0 Å². The molecule has 1 aromatic carbocycles. The van der Waals surface area contributed by atoms with Crippen LogP contribution in [0, 0.1) is 6.92 Å². The fourth-order valence-corrected chi connectivity index (χ4v) is 2.80. The number of aryl methyl sites for hydroxylation is 1. The number of thiazole rings is 1. The number of carbonyl (C=O) groups is 1. The second-order valence-electron chi connectivity index (χ2n) is 4.21. The molecule has 0 aliphatic rings. The molecule has 0 spiro atoms. The van der Waals surface area contributed by atoms with Crippen molar-refractivity contribution in [2.45, 2.75) is 6.92 Å². The number of aromatic nitrogens is 2. The van der Waals surface area contributed by atoms with E-state index in [0.29, 0.717) is 0 Å². The second-order valence-corrected chi connectivity index (χ2v) is 5.24. The van der Waals surface area contributed by atoms with E-state index in [1.165, 1.54) is 11.3 Å². The van der Waals surface area contributed by atoms with Crippen LogP contribution in [0.3, 0.4) is 0 Å². The largest absolute Gasteiger partial charge is 0.478 e. The Balaban J connectivity index is 1.94. The molecule has 0 saturated carbocycles. The van der Waals surface area contributed by atoms with Crippen LogP contribution in [0.1, 0.15) is 16.1 Å². The highest BCUT2D eigenvalue weighted by Crippen LogP contribution is 2.33. The molecule has 2 heterocycles. The second kappa shape index (κ2) is 4.90. The van der Waals surface area contributed by atoms with Gasteiger partial charge in [0.15, 0.2) is 0 Å². The summed E-state index contributed by atoms with van der Waals surface area (Å²) in [7, 11) is 0. The number of hydrogen-bond donors (Lipinski definition) is 1. The lowest BCUT2D eigenvalue weighted by Crippen LogP contribution is -1.94. The van der Waals surface area contributed by atoms with Crippen LogP contribution in [0.15, 0.2) is 41.2 Å². The third kappa shape index (κ3) is 2.21. The molecule has 5 nitrogen and oxygen atoms in total. The summed E-state index contributed by atoms with van der Waals surface area (Å²) in [5.74, 6) is -0.183. The Labute approximate surface area is 118 Å². The van der Waals surface area contributed by atoms with Gasteiger partial charge in [-0.2, -0.15) is 0 Å². The van der Waals surface area contributed by atoms with Gasteiger partial charge in [0.25, 0.3) is 0 Å². The summed E-state index contributed by atoms with van der Waals surface area (Å²) < 4.78 is 5.04. The normalized spacial score (nSPS) is 10.7. The number of hydrogen-bond acceptors (Lipinski definition) is 5. The van der Waals surface area contributed by atoms with Gasteiger partial charge in [0.05, 0.1) is 22.2 Å². The molecule has 0 unspecified atom stereocenters. The molecule has 0 radical (unpaired) electrons. The van der Waals surface area contributed by atoms with Gasteiger partial charge < -0.3 is 9.63 Å². The molecule has 0 bridgehead atoms. The summed E-state index contributed by atoms with van der Waals surface area (Å²) in [6.45, 7) is 1.85. The predicted molar refractivity (Wildman–Crippen MR) is 74.7 cm³/mol. The Kier molecular flexibility index (Phi) is 3.08. The van der Waals surface area contributed by atoms with Crippen molar-refractivity contribution in [1.29, 1.82) is 0 Å². The van der Waals surface area contributed by atoms with Crippen LogP contribution >= 0.6 is 11.3 Å². The van der Waals surface area contributed by atoms with Crippen molar-refractivity contribution in [3.8, 4) is 21.0 Å². The first-order valence-electron chi connectivity index (χ1n) is 5.86. The molecular weight excluding hydrogens is 276 g/mol. The minimum atomic E-state index is -0.934. The molecule has 0 aliphatic carbocycles. The molecule has 20 heavy (non-hydrogen) atoms. The monoisotopic (exact) mass is 286 g/mol. The molecule has 0 aliphatic heterocycles. The summed E-state index contributed by atoms with van der Waals surface area (Å²) >= 11 is 1.51. The fourth-order valence-electron chi connectivity index (χ4n) is 1.82. The molecule has 3 rings (SSSR count). The van der Waals surface area contributed by atoms with E-state index in [2.05, 4.69) is 10.1 Å². The van der Waals surface area contributed by atoms with Gasteiger partial charge in [-0.15, -0.1) is 11.3 Å². The van der Waals surface area contributed by atoms with E-state index in [9.17, 15) is 4.79 Å². The zero-order valence-electron chi connectivity index (χ0n) is 10.5. The Bertz CT molecular complexity index is 759. The minimum absolute atomic E-state index is 0.264. The number of nitrogens with zero attached hydrogens (tertiary/aromatic N) is 2. The van der Waals surface area contributed by atoms with Crippen LogP contribution in [-0.4, -0.2) is 21.2 Å². The molecule has 0 amide bonds. The highest BCUT2D eigenvalue weighted by atomic mass is 32.1. The Hall–Kier alpha value is -2.47. The number of aromatic carboxylic acids is 1. The molecule has 2 aromatic heterocycles. The van der Waals surface area contributed by atoms with Crippen LogP contribution in [0.2, 0.25) is 0 Å². The Morgan fingerprint density at radius 1 is 1.25 bits per heavy atom. The summed E-state index contributed by atoms with van der Waals surface area (Å²) in [5, 5.41) is 13.5. The highest BCUT2D eigenvalue weighted by Gasteiger charge is 2.11. The number of rotatable bonds is 3. The van der Waals surface area contributed by atoms with Gasteiger partial charge in [0, 0.05) is 11.8 Å². The van der Waals surface area contributed by atoms with E-state index in [0.717, 1.165) is 26.8 Å². The third-order valence-electron chi connectivity index (χ3n) is 2.90. The quantitative estimate of drug-likeness (QED) is 0.797. The highest BCUT2D eigenvalue weighted by molar-refractivity contribution is 7.18. The number of carboxylic acid groups (broad SMARTS) is 1. The lowest BCUT2D eigenvalue weighted by Gasteiger charge is -1.97. The van der Waals surface area contributed by atoms with Crippen molar-refractivity contribution >= 4 is 17.3 Å². The van der Waals surface area contributed by atoms with E-state index in [1.54, 1.807) is 36.7 Å². The van der Waals surface area contributed by atoms with E-state index >= 15 is 0 Å². The van der Waals surface area contributed by atoms with E-state index in [1.807, 2.05) is 6.92 Å². The summed E-state index contributed by atoms with van der Waals surface area (Å²) in [4.78, 5) is 16.1. The smallest absolute Gasteiger partial charge is 0.335 e. The molecule has 0 saturated heterocycles. The molecular formula is C14H10N2O3S. The third-order valence-corrected chi connectivity index (χ3v) is 3.98. The van der Waals surface area contributed by atoms with E-state index < -0.39 is 5.97 Å². The molecule has 1 N–H and O–H groups in total. The fraction of sp³-hybridized carbons (Fsp3) is 0.0714. The standard InChI is InChI=1S/C14H10N2O3S/c1-8-11(6-16-19-8)12-7-15-13(20-12)9-2-4-10(5-3-9)14(17)18/h2-7H,1H3,(H,17,18). The molecule has 6 heteroatoms. The van der Waals surface area contributed by atoms with Gasteiger partial charge in [-0.1, -0.05) is 17.3 Å². The van der Waals surface area contributed by atoms with E-state index in [4.69, 9.17) is 9.63 Å². The molecule has 0 fully saturated rings. The maximum absolute atomic E-state index is 10.8. The van der Waals surface area contributed by atoms with Crippen LogP contribution in [0.4, 0.5) is 0 Å². The summed E-state index contributed by atoms with van der Waals surface area (Å²) in [6, 6.07) is 6.66. The van der Waals surface area contributed by atoms with Crippen molar-refractivity contribution < 1.29 is 14.4 Å². The molecule has 100 valence electrons. The van der Waals surface area contributed by atoms with Crippen molar-refractivity contribution in [2.24, 2.45) is 0 Å². The van der Waals surface area contributed by atoms with Crippen molar-refractivity contribution in [3.63, 3.8) is 0 Å². The van der Waals surface area contributed by atoms with Crippen LogP contribution in [0.25, 0.3) is 21.0 Å². The average Bonchev–Trinajstić information content (AvgIpc) is 3.07. The van der Waals surface area contributed by atoms with Crippen molar-refractivity contribution in [3.05, 3.63) is 48.0 Å². The van der Waals surface area contributed by atoms with Gasteiger partial charge >= 0.3 is 5.97 Å². The van der Waals surface area contributed by atoms with Gasteiger partial charge in [0.2, 0.25) is 0 Å². The zero-order chi connectivity index (χ0) is 14.1. The first-order chi connectivity index (χ1) is 9.65. The van der Waals surface area contributed by atoms with Gasteiger partial charge in [-0.05, 0) is 19.1 Å². The van der Waals surface area contributed by atoms with Gasteiger partial charge in [-0.3, -0.25) is 0 Å². The lowest BCUT2D eigenvalue weighted by atomic mass is 10.1. The first-order valence-corrected chi connectivity index (χ1v) is 6.68. The summed E-state index contributed by atoms with van der Waals surface area (Å²) in [5.41, 5.74) is 2.08. The molecule has 0 atom stereocenters. The topological polar surface area (TPSA) is 76.2 Å². The summed E-state index contributed by atoms with van der Waals surface area (Å²) in [6.07, 6.45) is 3.44. The van der Waals surface area contributed by atoms with Crippen LogP contribution in [-0.2, 0) is 0 Å². The minimum Gasteiger partial charge on any atom is -0.478 e. The lowest BCUT2D eigenvalue weighted by molar-refractivity contribution is 0.0697. The maximum atomic E-state index is 10.8. The number of benzene rings is 1. The van der Waals surface area contributed by atoms with Gasteiger partial charge in [-0.25, -0.2) is 9.78 Å². The average molecular weight is 286 g/mol. The van der Waals surface area contributed by atoms with Crippen LogP contribution < -0.4 is 0 Å².